The molecule has 1 nitrogen and oxygen atoms in total. The number of fused-ring (bicyclic) bond motifs is 2. The van der Waals surface area contributed by atoms with Gasteiger partial charge in [-0.15, -0.1) is 0 Å². The Labute approximate surface area is 250 Å². The SMILES string of the molecule is CC(C)(C)C1=C(C(C)(C)C)C12C1C=CC=CC1=C(c1ccccc1)O[Si]2([Si](C)(C)C(C)(C)C)[Si](C)(C)C(C)(C)C. The second-order valence-electron chi connectivity index (χ2n) is 18.0. The predicted molar refractivity (Wildman–Crippen MR) is 185 cm³/mol. The summed E-state index contributed by atoms with van der Waals surface area (Å²) in [6.45, 7) is 41.2. The largest absolute Gasteiger partial charge is 0.547 e. The maximum atomic E-state index is 8.36. The minimum absolute atomic E-state index is 0.00434. The molecule has 0 aromatic heterocycles. The molecule has 0 radical (unpaired) electrons. The molecule has 1 atom stereocenters. The third-order valence-corrected chi connectivity index (χ3v) is 54.3. The minimum atomic E-state index is -2.66. The fourth-order valence-electron chi connectivity index (χ4n) is 8.43. The predicted octanol–water partition coefficient (Wildman–Crippen LogP) is 11.4. The maximum Gasteiger partial charge on any atom is 0.235 e. The Kier molecular flexibility index (Phi) is 7.15. The van der Waals surface area contributed by atoms with Crippen LogP contribution in [0.2, 0.25) is 41.3 Å². The number of hydrogen-bond donors (Lipinski definition) is 0. The molecular formula is C36H58OSi3. The first-order valence-electron chi connectivity index (χ1n) is 15.5. The van der Waals surface area contributed by atoms with Crippen LogP contribution in [0, 0.1) is 16.7 Å². The second kappa shape index (κ2) is 9.07. The standard InChI is InChI=1S/C36H58OSi3/c1-32(2,3)30-31(33(4,5)6)36(30)28-25-21-20-24-27(28)29(26-22-18-17-19-23-26)37-40(36,38(13,14)34(7,8)9)39(15,16)35(10,11)12/h17-25,28H,1-16H3. The summed E-state index contributed by atoms with van der Waals surface area (Å²) in [4.78, 5) is 0. The zero-order valence-electron chi connectivity index (χ0n) is 28.7. The normalized spacial score (nSPS) is 22.9. The molecule has 4 rings (SSSR count). The molecule has 1 aliphatic heterocycles. The molecule has 3 aliphatic rings. The molecule has 0 bridgehead atoms. The minimum Gasteiger partial charge on any atom is -0.547 e. The molecular weight excluding hydrogens is 533 g/mol. The van der Waals surface area contributed by atoms with E-state index in [4.69, 9.17) is 4.43 Å². The summed E-state index contributed by atoms with van der Waals surface area (Å²) < 4.78 is 8.36. The first-order valence-corrected chi connectivity index (χ1v) is 25.4. The summed E-state index contributed by atoms with van der Waals surface area (Å²) in [7, 11) is -6.90. The second-order valence-corrected chi connectivity index (χ2v) is 43.0. The van der Waals surface area contributed by atoms with Crippen molar-refractivity contribution in [2.75, 3.05) is 0 Å². The molecule has 1 unspecified atom stereocenters. The Morgan fingerprint density at radius 3 is 1.52 bits per heavy atom. The highest BCUT2D eigenvalue weighted by atomic mass is 29.7. The highest BCUT2D eigenvalue weighted by molar-refractivity contribution is 7.69. The van der Waals surface area contributed by atoms with E-state index in [1.165, 1.54) is 16.9 Å². The van der Waals surface area contributed by atoms with Crippen molar-refractivity contribution in [2.45, 2.75) is 124 Å². The van der Waals surface area contributed by atoms with Gasteiger partial charge in [0.15, 0.2) is 0 Å². The van der Waals surface area contributed by atoms with Gasteiger partial charge in [-0.2, -0.15) is 0 Å². The monoisotopic (exact) mass is 590 g/mol. The van der Waals surface area contributed by atoms with Crippen molar-refractivity contribution in [3.63, 3.8) is 0 Å². The van der Waals surface area contributed by atoms with Gasteiger partial charge in [0.2, 0.25) is 7.35 Å². The van der Waals surface area contributed by atoms with Crippen molar-refractivity contribution in [3.05, 3.63) is 76.9 Å². The van der Waals surface area contributed by atoms with Crippen LogP contribution in [-0.2, 0) is 4.43 Å². The Morgan fingerprint density at radius 2 is 1.12 bits per heavy atom. The van der Waals surface area contributed by atoms with Crippen LogP contribution in [0.3, 0.4) is 0 Å². The lowest BCUT2D eigenvalue weighted by Gasteiger charge is -2.67. The number of hydrogen-bond acceptors (Lipinski definition) is 1. The van der Waals surface area contributed by atoms with Crippen molar-refractivity contribution in [2.24, 2.45) is 16.7 Å². The summed E-state index contributed by atoms with van der Waals surface area (Å²) in [5.74, 6) is 1.52. The van der Waals surface area contributed by atoms with Gasteiger partial charge < -0.3 is 4.43 Å². The van der Waals surface area contributed by atoms with E-state index in [0.29, 0.717) is 5.92 Å². The van der Waals surface area contributed by atoms with Crippen molar-refractivity contribution >= 4 is 28.3 Å². The first-order chi connectivity index (χ1) is 17.9. The smallest absolute Gasteiger partial charge is 0.235 e. The van der Waals surface area contributed by atoms with E-state index in [1.807, 2.05) is 0 Å². The van der Waals surface area contributed by atoms with Crippen molar-refractivity contribution in [1.29, 1.82) is 0 Å². The van der Waals surface area contributed by atoms with Gasteiger partial charge in [-0.3, -0.25) is 0 Å². The van der Waals surface area contributed by atoms with Crippen molar-refractivity contribution < 1.29 is 4.43 Å². The molecule has 1 aromatic carbocycles. The van der Waals surface area contributed by atoms with Gasteiger partial charge in [-0.05, 0) is 20.9 Å². The van der Waals surface area contributed by atoms with Gasteiger partial charge in [-0.25, -0.2) is 0 Å². The molecule has 40 heavy (non-hydrogen) atoms. The Balaban J connectivity index is 2.31. The summed E-state index contributed by atoms with van der Waals surface area (Å²) in [6.07, 6.45) is 9.57. The molecule has 220 valence electrons. The quantitative estimate of drug-likeness (QED) is 0.251. The maximum absolute atomic E-state index is 8.36. The number of allylic oxidation sites excluding steroid dienone is 7. The van der Waals surface area contributed by atoms with E-state index in [2.05, 4.69) is 164 Å². The first kappa shape index (κ1) is 31.6. The van der Waals surface area contributed by atoms with Crippen LogP contribution >= 0.6 is 0 Å². The van der Waals surface area contributed by atoms with Gasteiger partial charge in [-0.1, -0.05) is 175 Å². The highest BCUT2D eigenvalue weighted by Crippen LogP contribution is 2.85. The fourth-order valence-corrected chi connectivity index (χ4v) is 60.0. The van der Waals surface area contributed by atoms with E-state index < -0.39 is 22.5 Å². The zero-order chi connectivity index (χ0) is 30.5. The van der Waals surface area contributed by atoms with Gasteiger partial charge in [0, 0.05) is 22.1 Å². The molecule has 0 saturated heterocycles. The lowest BCUT2D eigenvalue weighted by atomic mass is 9.78. The number of rotatable bonds is 3. The summed E-state index contributed by atoms with van der Waals surface area (Å²) >= 11 is 0. The third-order valence-electron chi connectivity index (χ3n) is 11.6. The van der Waals surface area contributed by atoms with E-state index in [0.717, 1.165) is 0 Å². The Morgan fingerprint density at radius 1 is 0.675 bits per heavy atom. The van der Waals surface area contributed by atoms with E-state index in [1.54, 1.807) is 11.1 Å². The Hall–Kier alpha value is -1.37. The van der Waals surface area contributed by atoms with Crippen LogP contribution in [0.15, 0.2) is 71.4 Å². The highest BCUT2D eigenvalue weighted by Gasteiger charge is 2.86. The lowest BCUT2D eigenvalue weighted by molar-refractivity contribution is 0.397. The molecule has 0 fully saturated rings. The lowest BCUT2D eigenvalue weighted by Crippen LogP contribution is -2.84. The van der Waals surface area contributed by atoms with E-state index in [9.17, 15) is 0 Å². The molecule has 1 spiro atoms. The van der Waals surface area contributed by atoms with Gasteiger partial charge in [0.1, 0.15) is 5.76 Å². The van der Waals surface area contributed by atoms with Crippen molar-refractivity contribution in [3.8, 4) is 0 Å². The van der Waals surface area contributed by atoms with E-state index in [-0.39, 0.29) is 25.9 Å². The van der Waals surface area contributed by atoms with Crippen LogP contribution in [0.1, 0.15) is 88.6 Å². The van der Waals surface area contributed by atoms with Crippen LogP contribution in [0.4, 0.5) is 0 Å². The molecule has 0 amide bonds. The summed E-state index contributed by atoms with van der Waals surface area (Å²) in [5.41, 5.74) is 6.29. The average Bonchev–Trinajstić information content (AvgIpc) is 3.51. The Bertz CT molecular complexity index is 1240. The summed E-state index contributed by atoms with van der Waals surface area (Å²) in [5, 5.41) is 0.401. The molecule has 1 aromatic rings. The third kappa shape index (κ3) is 4.01. The van der Waals surface area contributed by atoms with Gasteiger partial charge in [0.25, 0.3) is 0 Å². The van der Waals surface area contributed by atoms with Crippen LogP contribution in [0.25, 0.3) is 5.76 Å². The van der Waals surface area contributed by atoms with Crippen LogP contribution in [-0.4, -0.2) is 22.5 Å². The molecule has 1 heterocycles. The fraction of sp³-hybridized carbons (Fsp3) is 0.611. The molecule has 0 saturated carbocycles. The molecule has 0 N–H and O–H groups in total. The van der Waals surface area contributed by atoms with Gasteiger partial charge in [0.05, 0.1) is 15.2 Å². The van der Waals surface area contributed by atoms with Gasteiger partial charge >= 0.3 is 0 Å². The average molecular weight is 591 g/mol. The number of benzene rings is 1. The van der Waals surface area contributed by atoms with E-state index >= 15 is 0 Å². The zero-order valence-corrected chi connectivity index (χ0v) is 31.7. The van der Waals surface area contributed by atoms with Crippen molar-refractivity contribution in [1.82, 2.24) is 0 Å². The topological polar surface area (TPSA) is 9.23 Å². The molecule has 4 heteroatoms. The molecule has 2 aliphatic carbocycles. The van der Waals surface area contributed by atoms with Crippen LogP contribution in [0.5, 0.6) is 0 Å². The van der Waals surface area contributed by atoms with Crippen LogP contribution < -0.4 is 0 Å². The summed E-state index contributed by atoms with van der Waals surface area (Å²) in [6, 6.07) is 11.1.